The fourth-order valence-electron chi connectivity index (χ4n) is 3.90. The maximum Gasteiger partial charge on any atom is -0.00851 e. The van der Waals surface area contributed by atoms with E-state index in [9.17, 15) is 0 Å². The third-order valence-corrected chi connectivity index (χ3v) is 8.13. The summed E-state index contributed by atoms with van der Waals surface area (Å²) in [7, 11) is -0.281. The number of benzene rings is 1. The van der Waals surface area contributed by atoms with E-state index in [1.807, 2.05) is 0 Å². The third kappa shape index (κ3) is 4.20. The zero-order chi connectivity index (χ0) is 18.3. The Balaban J connectivity index is 2.53. The average Bonchev–Trinajstić information content (AvgIpc) is 2.85. The first-order valence-corrected chi connectivity index (χ1v) is 10.5. The summed E-state index contributed by atoms with van der Waals surface area (Å²) < 4.78 is 0. The monoisotopic (exact) mass is 342 g/mol. The van der Waals surface area contributed by atoms with Crippen LogP contribution in [-0.4, -0.2) is 10.3 Å². The molecule has 0 heterocycles. The lowest BCUT2D eigenvalue weighted by Gasteiger charge is -2.42. The molecular weight excluding hydrogens is 307 g/mol. The summed E-state index contributed by atoms with van der Waals surface area (Å²) in [6.45, 7) is 21.4. The van der Waals surface area contributed by atoms with Gasteiger partial charge in [-0.05, 0) is 44.2 Å². The number of hydrogen-bond acceptors (Lipinski definition) is 0. The van der Waals surface area contributed by atoms with Crippen LogP contribution >= 0.6 is 7.92 Å². The van der Waals surface area contributed by atoms with Crippen molar-refractivity contribution in [2.24, 2.45) is 5.41 Å². The molecule has 1 aromatic rings. The Morgan fingerprint density at radius 3 is 1.79 bits per heavy atom. The van der Waals surface area contributed by atoms with Gasteiger partial charge in [-0.2, -0.15) is 0 Å². The molecule has 0 aliphatic heterocycles. The van der Waals surface area contributed by atoms with Crippen molar-refractivity contribution < 1.29 is 0 Å². The van der Waals surface area contributed by atoms with Crippen LogP contribution in [0.5, 0.6) is 0 Å². The molecule has 0 amide bonds. The SMILES string of the molecule is CC(C)(C)C1=CCC(c2ccccc2P(C(C)(C)C)C(C)(C)C)=C1. The largest absolute Gasteiger partial charge is 0.0763 e. The molecule has 24 heavy (non-hydrogen) atoms. The van der Waals surface area contributed by atoms with E-state index >= 15 is 0 Å². The normalized spacial score (nSPS) is 16.4. The summed E-state index contributed by atoms with van der Waals surface area (Å²) >= 11 is 0. The van der Waals surface area contributed by atoms with Gasteiger partial charge in [-0.25, -0.2) is 0 Å². The van der Waals surface area contributed by atoms with Gasteiger partial charge < -0.3 is 0 Å². The van der Waals surface area contributed by atoms with Crippen LogP contribution in [0.2, 0.25) is 0 Å². The first-order valence-electron chi connectivity index (χ1n) is 9.13. The van der Waals surface area contributed by atoms with Crippen LogP contribution in [0.15, 0.2) is 42.0 Å². The lowest BCUT2D eigenvalue weighted by Crippen LogP contribution is -2.32. The Morgan fingerprint density at radius 2 is 1.33 bits per heavy atom. The van der Waals surface area contributed by atoms with Crippen molar-refractivity contribution in [3.8, 4) is 0 Å². The molecule has 0 N–H and O–H groups in total. The lowest BCUT2D eigenvalue weighted by atomic mass is 9.87. The topological polar surface area (TPSA) is 0 Å². The Morgan fingerprint density at radius 1 is 0.792 bits per heavy atom. The molecule has 0 aromatic heterocycles. The minimum atomic E-state index is -0.281. The molecule has 1 aliphatic rings. The van der Waals surface area contributed by atoms with Crippen LogP contribution < -0.4 is 5.30 Å². The second kappa shape index (κ2) is 6.45. The molecule has 0 saturated heterocycles. The fourth-order valence-corrected chi connectivity index (χ4v) is 8.06. The number of allylic oxidation sites excluding steroid dienone is 4. The zero-order valence-electron chi connectivity index (χ0n) is 17.1. The van der Waals surface area contributed by atoms with Crippen LogP contribution in [-0.2, 0) is 0 Å². The Bertz CT molecular complexity index is 641. The van der Waals surface area contributed by atoms with Crippen molar-refractivity contribution in [3.05, 3.63) is 47.6 Å². The highest BCUT2D eigenvalue weighted by Crippen LogP contribution is 2.59. The van der Waals surface area contributed by atoms with E-state index in [0.717, 1.165) is 6.42 Å². The first kappa shape index (κ1) is 19.5. The van der Waals surface area contributed by atoms with Crippen molar-refractivity contribution in [1.82, 2.24) is 0 Å². The minimum absolute atomic E-state index is 0.232. The summed E-state index contributed by atoms with van der Waals surface area (Å²) in [5, 5.41) is 2.16. The van der Waals surface area contributed by atoms with Crippen molar-refractivity contribution in [2.45, 2.75) is 79.0 Å². The summed E-state index contributed by atoms with van der Waals surface area (Å²) in [5.74, 6) is 0. The van der Waals surface area contributed by atoms with E-state index in [0.29, 0.717) is 10.3 Å². The minimum Gasteiger partial charge on any atom is -0.0763 e. The molecule has 1 aromatic carbocycles. The van der Waals surface area contributed by atoms with Gasteiger partial charge in [0.15, 0.2) is 0 Å². The third-order valence-electron chi connectivity index (χ3n) is 4.57. The van der Waals surface area contributed by atoms with E-state index < -0.39 is 0 Å². The molecule has 0 unspecified atom stereocenters. The summed E-state index contributed by atoms with van der Waals surface area (Å²) in [6, 6.07) is 9.15. The van der Waals surface area contributed by atoms with Gasteiger partial charge >= 0.3 is 0 Å². The smallest absolute Gasteiger partial charge is 0.00851 e. The average molecular weight is 343 g/mol. The molecular formula is C23H35P. The summed E-state index contributed by atoms with van der Waals surface area (Å²) in [5.41, 5.74) is 4.68. The maximum atomic E-state index is 2.44. The van der Waals surface area contributed by atoms with E-state index in [1.165, 1.54) is 16.7 Å². The van der Waals surface area contributed by atoms with E-state index in [2.05, 4.69) is 98.7 Å². The Kier molecular flexibility index (Phi) is 5.23. The van der Waals surface area contributed by atoms with Gasteiger partial charge in [-0.15, -0.1) is 0 Å². The van der Waals surface area contributed by atoms with Gasteiger partial charge in [0.05, 0.1) is 0 Å². The summed E-state index contributed by atoms with van der Waals surface area (Å²) in [6.07, 6.45) is 5.93. The maximum absolute atomic E-state index is 2.44. The molecule has 0 spiro atoms. The van der Waals surface area contributed by atoms with Crippen LogP contribution in [0.1, 0.15) is 74.3 Å². The highest BCUT2D eigenvalue weighted by molar-refractivity contribution is 7.68. The molecule has 0 nitrogen and oxygen atoms in total. The molecule has 132 valence electrons. The number of rotatable bonds is 2. The van der Waals surface area contributed by atoms with Gasteiger partial charge in [-0.3, -0.25) is 0 Å². The van der Waals surface area contributed by atoms with E-state index in [-0.39, 0.29) is 13.3 Å². The number of hydrogen-bond donors (Lipinski definition) is 0. The van der Waals surface area contributed by atoms with Gasteiger partial charge in [-0.1, -0.05) is 107 Å². The van der Waals surface area contributed by atoms with E-state index in [1.54, 1.807) is 5.30 Å². The van der Waals surface area contributed by atoms with Crippen LogP contribution in [0.4, 0.5) is 0 Å². The fraction of sp³-hybridized carbons (Fsp3) is 0.565. The highest BCUT2D eigenvalue weighted by Gasteiger charge is 2.37. The van der Waals surface area contributed by atoms with Crippen LogP contribution in [0.25, 0.3) is 5.57 Å². The van der Waals surface area contributed by atoms with Gasteiger partial charge in [0.25, 0.3) is 0 Å². The van der Waals surface area contributed by atoms with Gasteiger partial charge in [0.1, 0.15) is 0 Å². The first-order chi connectivity index (χ1) is 10.8. The van der Waals surface area contributed by atoms with Gasteiger partial charge in [0, 0.05) is 0 Å². The predicted molar refractivity (Wildman–Crippen MR) is 113 cm³/mol. The molecule has 2 rings (SSSR count). The molecule has 0 atom stereocenters. The molecule has 0 bridgehead atoms. The Labute approximate surface area is 151 Å². The van der Waals surface area contributed by atoms with Crippen molar-refractivity contribution >= 4 is 18.8 Å². The standard InChI is InChI=1S/C23H35P/c1-21(2,3)18-15-14-17(16-18)19-12-10-11-13-20(19)24(22(4,5)6)23(7,8)9/h10-13,15-16H,14H2,1-9H3. The molecule has 0 saturated carbocycles. The van der Waals surface area contributed by atoms with Crippen LogP contribution in [0.3, 0.4) is 0 Å². The molecule has 1 heteroatoms. The lowest BCUT2D eigenvalue weighted by molar-refractivity contribution is 0.518. The van der Waals surface area contributed by atoms with Crippen molar-refractivity contribution in [1.29, 1.82) is 0 Å². The molecule has 1 aliphatic carbocycles. The van der Waals surface area contributed by atoms with Crippen molar-refractivity contribution in [3.63, 3.8) is 0 Å². The Hall–Kier alpha value is -0.870. The molecule has 0 fully saturated rings. The highest BCUT2D eigenvalue weighted by atomic mass is 31.1. The quantitative estimate of drug-likeness (QED) is 0.501. The van der Waals surface area contributed by atoms with Gasteiger partial charge in [0.2, 0.25) is 0 Å². The van der Waals surface area contributed by atoms with Crippen molar-refractivity contribution in [2.75, 3.05) is 0 Å². The van der Waals surface area contributed by atoms with Crippen LogP contribution in [0, 0.1) is 5.41 Å². The predicted octanol–water partition coefficient (Wildman–Crippen LogP) is 7.15. The molecule has 0 radical (unpaired) electrons. The van der Waals surface area contributed by atoms with E-state index in [4.69, 9.17) is 0 Å². The second-order valence-electron chi connectivity index (χ2n) is 9.98. The zero-order valence-corrected chi connectivity index (χ0v) is 18.0. The summed E-state index contributed by atoms with van der Waals surface area (Å²) in [4.78, 5) is 0. The second-order valence-corrected chi connectivity index (χ2v) is 13.8.